The van der Waals surface area contributed by atoms with Crippen LogP contribution in [0.1, 0.15) is 10.4 Å². The smallest absolute Gasteiger partial charge is 0.353 e. The molecule has 80 valence electrons. The highest BCUT2D eigenvalue weighted by molar-refractivity contribution is 5.98. The van der Waals surface area contributed by atoms with Crippen molar-refractivity contribution in [2.24, 2.45) is 0 Å². The van der Waals surface area contributed by atoms with Crippen LogP contribution in [0.2, 0.25) is 0 Å². The Morgan fingerprint density at radius 1 is 1.27 bits per heavy atom. The molecule has 1 atom stereocenters. The fourth-order valence-corrected chi connectivity index (χ4v) is 0.929. The molecule has 0 bridgehead atoms. The number of carboxylic acid groups (broad SMARTS) is 1. The molecule has 0 saturated carbocycles. The molecule has 6 heteroatoms. The van der Waals surface area contributed by atoms with Crippen molar-refractivity contribution in [2.75, 3.05) is 0 Å². The molecule has 1 aromatic rings. The van der Waals surface area contributed by atoms with Crippen molar-refractivity contribution in [3.8, 4) is 5.75 Å². The number of carbonyl (C=O) groups is 2. The van der Waals surface area contributed by atoms with Gasteiger partial charge in [-0.2, -0.15) is 0 Å². The molecule has 0 saturated heterocycles. The number of aromatic hydroxyl groups is 1. The Labute approximate surface area is 84.8 Å². The van der Waals surface area contributed by atoms with Gasteiger partial charge in [-0.25, -0.2) is 4.79 Å². The maximum atomic E-state index is 11.3. The van der Waals surface area contributed by atoms with Gasteiger partial charge < -0.3 is 20.6 Å². The summed E-state index contributed by atoms with van der Waals surface area (Å²) in [7, 11) is 0. The van der Waals surface area contributed by atoms with Crippen LogP contribution in [0.3, 0.4) is 0 Å². The molecule has 0 aliphatic heterocycles. The number of hydrogen-bond donors (Lipinski definition) is 4. The number of benzene rings is 1. The predicted molar refractivity (Wildman–Crippen MR) is 49.2 cm³/mol. The van der Waals surface area contributed by atoms with E-state index in [4.69, 9.17) is 10.2 Å². The van der Waals surface area contributed by atoms with Crippen molar-refractivity contribution >= 4 is 11.9 Å². The average Bonchev–Trinajstić information content (AvgIpc) is 2.18. The number of rotatable bonds is 3. The first kappa shape index (κ1) is 11.0. The summed E-state index contributed by atoms with van der Waals surface area (Å²) in [5.41, 5.74) is -0.0993. The third-order valence-corrected chi connectivity index (χ3v) is 1.65. The van der Waals surface area contributed by atoms with Gasteiger partial charge in [0.15, 0.2) is 0 Å². The Balaban J connectivity index is 2.78. The van der Waals surface area contributed by atoms with Crippen molar-refractivity contribution < 1.29 is 24.9 Å². The number of aliphatic hydroxyl groups excluding tert-OH is 1. The summed E-state index contributed by atoms with van der Waals surface area (Å²) in [6, 6.07) is 5.60. The average molecular weight is 211 g/mol. The highest BCUT2D eigenvalue weighted by Crippen LogP contribution is 2.14. The van der Waals surface area contributed by atoms with Gasteiger partial charge in [-0.3, -0.25) is 4.79 Å². The Bertz CT molecular complexity index is 390. The number of phenols is 1. The van der Waals surface area contributed by atoms with E-state index in [-0.39, 0.29) is 11.3 Å². The monoisotopic (exact) mass is 211 g/mol. The van der Waals surface area contributed by atoms with E-state index >= 15 is 0 Å². The number of aliphatic hydroxyl groups is 1. The van der Waals surface area contributed by atoms with Crippen LogP contribution in [-0.2, 0) is 4.79 Å². The first-order valence-corrected chi connectivity index (χ1v) is 4.02. The van der Waals surface area contributed by atoms with Crippen LogP contribution in [-0.4, -0.2) is 33.4 Å². The van der Waals surface area contributed by atoms with E-state index in [1.54, 1.807) is 5.32 Å². The predicted octanol–water partition coefficient (Wildman–Crippen LogP) is -0.475. The molecule has 1 amide bonds. The molecule has 4 N–H and O–H groups in total. The Kier molecular flexibility index (Phi) is 3.25. The molecule has 0 fully saturated rings. The second-order valence-corrected chi connectivity index (χ2v) is 2.73. The highest BCUT2D eigenvalue weighted by atomic mass is 16.4. The van der Waals surface area contributed by atoms with Crippen LogP contribution in [0.4, 0.5) is 0 Å². The number of nitrogens with one attached hydrogen (secondary N) is 1. The number of carbonyl (C=O) groups excluding carboxylic acids is 1. The number of hydrogen-bond acceptors (Lipinski definition) is 4. The first-order chi connectivity index (χ1) is 7.02. The van der Waals surface area contributed by atoms with E-state index in [1.807, 2.05) is 0 Å². The lowest BCUT2D eigenvalue weighted by atomic mass is 10.2. The van der Waals surface area contributed by atoms with Crippen molar-refractivity contribution in [1.29, 1.82) is 0 Å². The van der Waals surface area contributed by atoms with Crippen LogP contribution < -0.4 is 5.32 Å². The van der Waals surface area contributed by atoms with Gasteiger partial charge >= 0.3 is 5.97 Å². The van der Waals surface area contributed by atoms with Crippen LogP contribution in [0, 0.1) is 0 Å². The van der Waals surface area contributed by atoms with Gasteiger partial charge in [-0.15, -0.1) is 0 Å². The topological polar surface area (TPSA) is 107 Å². The quantitative estimate of drug-likeness (QED) is 0.505. The largest absolute Gasteiger partial charge is 0.507 e. The number of amides is 1. The number of aliphatic carboxylic acids is 1. The molecule has 0 aromatic heterocycles. The molecule has 1 aromatic carbocycles. The maximum absolute atomic E-state index is 11.3. The first-order valence-electron chi connectivity index (χ1n) is 4.02. The number of carboxylic acids is 1. The molecule has 0 heterocycles. The zero-order chi connectivity index (χ0) is 11.4. The number of para-hydroxylation sites is 1. The Morgan fingerprint density at radius 3 is 2.40 bits per heavy atom. The summed E-state index contributed by atoms with van der Waals surface area (Å²) >= 11 is 0. The lowest BCUT2D eigenvalue weighted by molar-refractivity contribution is -0.147. The summed E-state index contributed by atoms with van der Waals surface area (Å²) in [5.74, 6) is -2.71. The number of phenolic OH excluding ortho intramolecular Hbond substituents is 1. The molecule has 0 unspecified atom stereocenters. The van der Waals surface area contributed by atoms with Crippen molar-refractivity contribution in [3.63, 3.8) is 0 Å². The zero-order valence-electron chi connectivity index (χ0n) is 7.54. The molecule has 1 rings (SSSR count). The maximum Gasteiger partial charge on any atom is 0.353 e. The van der Waals surface area contributed by atoms with Gasteiger partial charge in [-0.1, -0.05) is 12.1 Å². The molecule has 0 aliphatic rings. The van der Waals surface area contributed by atoms with Gasteiger partial charge in [0.05, 0.1) is 5.56 Å². The summed E-state index contributed by atoms with van der Waals surface area (Å²) in [5, 5.41) is 28.2. The molecule has 15 heavy (non-hydrogen) atoms. The minimum absolute atomic E-state index is 0.0993. The Hall–Kier alpha value is -2.08. The third kappa shape index (κ3) is 2.68. The second kappa shape index (κ2) is 4.43. The second-order valence-electron chi connectivity index (χ2n) is 2.73. The molecule has 0 radical (unpaired) electrons. The fourth-order valence-electron chi connectivity index (χ4n) is 0.929. The zero-order valence-corrected chi connectivity index (χ0v) is 7.54. The molecule has 0 spiro atoms. The third-order valence-electron chi connectivity index (χ3n) is 1.65. The van der Waals surface area contributed by atoms with Gasteiger partial charge in [-0.05, 0) is 12.1 Å². The van der Waals surface area contributed by atoms with Gasteiger partial charge in [0, 0.05) is 0 Å². The molecule has 6 nitrogen and oxygen atoms in total. The summed E-state index contributed by atoms with van der Waals surface area (Å²) in [4.78, 5) is 21.5. The molecular weight excluding hydrogens is 202 g/mol. The van der Waals surface area contributed by atoms with Crippen LogP contribution in [0.5, 0.6) is 5.75 Å². The van der Waals surface area contributed by atoms with Crippen molar-refractivity contribution in [3.05, 3.63) is 29.8 Å². The van der Waals surface area contributed by atoms with E-state index in [9.17, 15) is 14.7 Å². The molecular formula is C9H9NO5. The van der Waals surface area contributed by atoms with E-state index in [2.05, 4.69) is 0 Å². The standard InChI is InChI=1S/C9H9NO5/c11-6-4-2-1-3-5(6)7(12)10-8(13)9(14)15/h1-4,8,11,13H,(H,10,12)(H,14,15)/t8-/m1/s1. The summed E-state index contributed by atoms with van der Waals surface area (Å²) < 4.78 is 0. The summed E-state index contributed by atoms with van der Waals surface area (Å²) in [6.07, 6.45) is -1.99. The SMILES string of the molecule is O=C(N[C@H](O)C(=O)O)c1ccccc1O. The minimum atomic E-state index is -1.99. The fraction of sp³-hybridized carbons (Fsp3) is 0.111. The molecule has 0 aliphatic carbocycles. The minimum Gasteiger partial charge on any atom is -0.507 e. The van der Waals surface area contributed by atoms with E-state index in [0.29, 0.717) is 0 Å². The van der Waals surface area contributed by atoms with Crippen molar-refractivity contribution in [1.82, 2.24) is 5.32 Å². The summed E-state index contributed by atoms with van der Waals surface area (Å²) in [6.45, 7) is 0. The van der Waals surface area contributed by atoms with Crippen molar-refractivity contribution in [2.45, 2.75) is 6.23 Å². The van der Waals surface area contributed by atoms with E-state index in [0.717, 1.165) is 0 Å². The highest BCUT2D eigenvalue weighted by Gasteiger charge is 2.18. The van der Waals surface area contributed by atoms with Crippen LogP contribution in [0.25, 0.3) is 0 Å². The normalized spacial score (nSPS) is 11.8. The van der Waals surface area contributed by atoms with Gasteiger partial charge in [0.25, 0.3) is 5.91 Å². The van der Waals surface area contributed by atoms with Gasteiger partial charge in [0.1, 0.15) is 5.75 Å². The van der Waals surface area contributed by atoms with E-state index < -0.39 is 18.1 Å². The lowest BCUT2D eigenvalue weighted by Gasteiger charge is -2.08. The van der Waals surface area contributed by atoms with E-state index in [1.165, 1.54) is 24.3 Å². The lowest BCUT2D eigenvalue weighted by Crippen LogP contribution is -2.40. The Morgan fingerprint density at radius 2 is 1.87 bits per heavy atom. The van der Waals surface area contributed by atoms with Gasteiger partial charge in [0.2, 0.25) is 6.23 Å². The van der Waals surface area contributed by atoms with Crippen LogP contribution in [0.15, 0.2) is 24.3 Å². The van der Waals surface area contributed by atoms with Crippen LogP contribution >= 0.6 is 0 Å².